The fourth-order valence-electron chi connectivity index (χ4n) is 3.69. The maximum atomic E-state index is 5.41. The molecule has 0 spiro atoms. The molecular formula is C23H27N5O. The number of anilines is 2. The molecule has 0 atom stereocenters. The quantitative estimate of drug-likeness (QED) is 0.654. The van der Waals surface area contributed by atoms with Crippen molar-refractivity contribution >= 4 is 11.6 Å². The van der Waals surface area contributed by atoms with Gasteiger partial charge in [0.25, 0.3) is 0 Å². The SMILES string of the molecule is COc1ccccc1CCNc1cc(-c2ccc(N3CCCCC3)nc2)ncn1. The molecular weight excluding hydrogens is 362 g/mol. The van der Waals surface area contributed by atoms with E-state index in [1.165, 1.54) is 24.8 Å². The van der Waals surface area contributed by atoms with E-state index in [0.29, 0.717) is 0 Å². The van der Waals surface area contributed by atoms with Crippen LogP contribution in [0.4, 0.5) is 11.6 Å². The van der Waals surface area contributed by atoms with Crippen molar-refractivity contribution in [1.29, 1.82) is 0 Å². The molecule has 0 radical (unpaired) electrons. The number of rotatable bonds is 7. The molecule has 3 aromatic rings. The van der Waals surface area contributed by atoms with Gasteiger partial charge in [-0.3, -0.25) is 0 Å². The standard InChI is InChI=1S/C23H27N5O/c1-29-21-8-4-3-7-18(21)11-12-24-22-15-20(26-17-27-22)19-9-10-23(25-16-19)28-13-5-2-6-14-28/h3-4,7-10,15-17H,2,5-6,11-14H2,1H3,(H,24,26,27). The van der Waals surface area contributed by atoms with Crippen LogP contribution in [0.25, 0.3) is 11.3 Å². The third-order valence-corrected chi connectivity index (χ3v) is 5.28. The maximum Gasteiger partial charge on any atom is 0.129 e. The number of hydrogen-bond donors (Lipinski definition) is 1. The average molecular weight is 390 g/mol. The Morgan fingerprint density at radius 1 is 1.00 bits per heavy atom. The molecule has 29 heavy (non-hydrogen) atoms. The number of nitrogens with zero attached hydrogens (tertiary/aromatic N) is 4. The molecule has 4 rings (SSSR count). The summed E-state index contributed by atoms with van der Waals surface area (Å²) < 4.78 is 5.41. The summed E-state index contributed by atoms with van der Waals surface area (Å²) >= 11 is 0. The van der Waals surface area contributed by atoms with Crippen LogP contribution in [-0.2, 0) is 6.42 Å². The van der Waals surface area contributed by atoms with Crippen molar-refractivity contribution in [3.63, 3.8) is 0 Å². The van der Waals surface area contributed by atoms with E-state index in [-0.39, 0.29) is 0 Å². The molecule has 0 bridgehead atoms. The third-order valence-electron chi connectivity index (χ3n) is 5.28. The molecule has 0 saturated carbocycles. The number of nitrogens with one attached hydrogen (secondary N) is 1. The van der Waals surface area contributed by atoms with Crippen LogP contribution in [0.5, 0.6) is 5.75 Å². The fourth-order valence-corrected chi connectivity index (χ4v) is 3.69. The summed E-state index contributed by atoms with van der Waals surface area (Å²) in [5.41, 5.74) is 3.05. The third kappa shape index (κ3) is 4.83. The highest BCUT2D eigenvalue weighted by Crippen LogP contribution is 2.23. The van der Waals surface area contributed by atoms with Crippen LogP contribution in [0.3, 0.4) is 0 Å². The summed E-state index contributed by atoms with van der Waals surface area (Å²) in [5.74, 6) is 2.78. The molecule has 0 amide bonds. The molecule has 0 aliphatic carbocycles. The predicted molar refractivity (Wildman–Crippen MR) is 117 cm³/mol. The second-order valence-electron chi connectivity index (χ2n) is 7.23. The number of para-hydroxylation sites is 1. The Morgan fingerprint density at radius 2 is 1.86 bits per heavy atom. The van der Waals surface area contributed by atoms with E-state index < -0.39 is 0 Å². The van der Waals surface area contributed by atoms with E-state index in [1.54, 1.807) is 13.4 Å². The van der Waals surface area contributed by atoms with Crippen molar-refractivity contribution in [2.75, 3.05) is 37.0 Å². The molecule has 2 aromatic heterocycles. The Morgan fingerprint density at radius 3 is 2.66 bits per heavy atom. The lowest BCUT2D eigenvalue weighted by molar-refractivity contribution is 0.410. The van der Waals surface area contributed by atoms with Crippen molar-refractivity contribution in [3.05, 3.63) is 60.6 Å². The number of benzene rings is 1. The van der Waals surface area contributed by atoms with Gasteiger partial charge in [0.1, 0.15) is 23.7 Å². The van der Waals surface area contributed by atoms with E-state index in [1.807, 2.05) is 30.5 Å². The lowest BCUT2D eigenvalue weighted by Gasteiger charge is -2.27. The zero-order valence-electron chi connectivity index (χ0n) is 16.8. The topological polar surface area (TPSA) is 63.2 Å². The minimum atomic E-state index is 0.767. The van der Waals surface area contributed by atoms with E-state index >= 15 is 0 Å². The number of methoxy groups -OCH3 is 1. The fraction of sp³-hybridized carbons (Fsp3) is 0.348. The maximum absolute atomic E-state index is 5.41. The van der Waals surface area contributed by atoms with Crippen molar-refractivity contribution in [2.45, 2.75) is 25.7 Å². The smallest absolute Gasteiger partial charge is 0.129 e. The summed E-state index contributed by atoms with van der Waals surface area (Å²) in [5, 5.41) is 3.38. The zero-order valence-corrected chi connectivity index (χ0v) is 16.8. The lowest BCUT2D eigenvalue weighted by atomic mass is 10.1. The highest BCUT2D eigenvalue weighted by molar-refractivity contribution is 5.62. The van der Waals surface area contributed by atoms with E-state index in [2.05, 4.69) is 43.4 Å². The predicted octanol–water partition coefficient (Wildman–Crippen LogP) is 4.19. The van der Waals surface area contributed by atoms with E-state index in [9.17, 15) is 0 Å². The zero-order chi connectivity index (χ0) is 19.9. The monoisotopic (exact) mass is 389 g/mol. The first-order valence-electron chi connectivity index (χ1n) is 10.2. The molecule has 1 fully saturated rings. The number of piperidine rings is 1. The molecule has 0 unspecified atom stereocenters. The van der Waals surface area contributed by atoms with Crippen LogP contribution in [0, 0.1) is 0 Å². The Hall–Kier alpha value is -3.15. The molecule has 1 aliphatic rings. The van der Waals surface area contributed by atoms with Gasteiger partial charge in [-0.05, 0) is 49.4 Å². The number of aromatic nitrogens is 3. The lowest BCUT2D eigenvalue weighted by Crippen LogP contribution is -2.29. The van der Waals surface area contributed by atoms with Crippen molar-refractivity contribution in [1.82, 2.24) is 15.0 Å². The van der Waals surface area contributed by atoms with Crippen LogP contribution in [0.15, 0.2) is 55.0 Å². The van der Waals surface area contributed by atoms with Gasteiger partial charge in [0, 0.05) is 37.5 Å². The molecule has 150 valence electrons. The minimum Gasteiger partial charge on any atom is -0.496 e. The second kappa shape index (κ2) is 9.37. The first-order chi connectivity index (χ1) is 14.3. The van der Waals surface area contributed by atoms with E-state index in [4.69, 9.17) is 4.74 Å². The van der Waals surface area contributed by atoms with Crippen LogP contribution in [0.1, 0.15) is 24.8 Å². The highest BCUT2D eigenvalue weighted by Gasteiger charge is 2.12. The number of hydrogen-bond acceptors (Lipinski definition) is 6. The van der Waals surface area contributed by atoms with Gasteiger partial charge in [0.2, 0.25) is 0 Å². The highest BCUT2D eigenvalue weighted by atomic mass is 16.5. The van der Waals surface area contributed by atoms with Crippen molar-refractivity contribution < 1.29 is 4.74 Å². The first kappa shape index (κ1) is 19.2. The first-order valence-corrected chi connectivity index (χ1v) is 10.2. The van der Waals surface area contributed by atoms with Gasteiger partial charge in [-0.15, -0.1) is 0 Å². The van der Waals surface area contributed by atoms with Gasteiger partial charge in [-0.2, -0.15) is 0 Å². The second-order valence-corrected chi connectivity index (χ2v) is 7.23. The normalized spacial score (nSPS) is 13.9. The summed E-state index contributed by atoms with van der Waals surface area (Å²) in [4.78, 5) is 15.8. The Balaban J connectivity index is 1.39. The summed E-state index contributed by atoms with van der Waals surface area (Å²) in [6, 6.07) is 14.2. The van der Waals surface area contributed by atoms with Crippen molar-refractivity contribution in [2.24, 2.45) is 0 Å². The summed E-state index contributed by atoms with van der Waals surface area (Å²) in [6.07, 6.45) is 8.18. The molecule has 6 heteroatoms. The summed E-state index contributed by atoms with van der Waals surface area (Å²) in [6.45, 7) is 2.96. The van der Waals surface area contributed by atoms with Gasteiger partial charge in [-0.25, -0.2) is 15.0 Å². The Kier molecular flexibility index (Phi) is 6.19. The summed E-state index contributed by atoms with van der Waals surface area (Å²) in [7, 11) is 1.70. The van der Waals surface area contributed by atoms with Crippen LogP contribution >= 0.6 is 0 Å². The average Bonchev–Trinajstić information content (AvgIpc) is 2.80. The molecule has 3 heterocycles. The molecule has 1 aromatic carbocycles. The van der Waals surface area contributed by atoms with Crippen LogP contribution in [-0.4, -0.2) is 41.7 Å². The Bertz CT molecular complexity index is 923. The van der Waals surface area contributed by atoms with Gasteiger partial charge < -0.3 is 15.0 Å². The number of pyridine rings is 1. The number of ether oxygens (including phenoxy) is 1. The molecule has 1 aliphatic heterocycles. The van der Waals surface area contributed by atoms with Gasteiger partial charge >= 0.3 is 0 Å². The minimum absolute atomic E-state index is 0.767. The molecule has 1 saturated heterocycles. The van der Waals surface area contributed by atoms with E-state index in [0.717, 1.165) is 54.7 Å². The molecule has 6 nitrogen and oxygen atoms in total. The largest absolute Gasteiger partial charge is 0.496 e. The van der Waals surface area contributed by atoms with Gasteiger partial charge in [-0.1, -0.05) is 18.2 Å². The van der Waals surface area contributed by atoms with Crippen LogP contribution < -0.4 is 15.0 Å². The molecule has 1 N–H and O–H groups in total. The van der Waals surface area contributed by atoms with Gasteiger partial charge in [0.05, 0.1) is 12.8 Å². The van der Waals surface area contributed by atoms with Crippen molar-refractivity contribution in [3.8, 4) is 17.0 Å². The van der Waals surface area contributed by atoms with Crippen LogP contribution in [0.2, 0.25) is 0 Å². The Labute approximate surface area is 172 Å². The van der Waals surface area contributed by atoms with Gasteiger partial charge in [0.15, 0.2) is 0 Å².